The molecule has 5 heteroatoms. The number of nitrogens with one attached hydrogen (secondary N) is 1. The number of hydrogen-bond acceptors (Lipinski definition) is 4. The highest BCUT2D eigenvalue weighted by molar-refractivity contribution is 6.02. The second-order valence-electron chi connectivity index (χ2n) is 5.65. The second kappa shape index (κ2) is 6.13. The molecule has 114 valence electrons. The van der Waals surface area contributed by atoms with Crippen LogP contribution in [0.25, 0.3) is 0 Å². The maximum atomic E-state index is 12.1. The van der Waals surface area contributed by atoms with Gasteiger partial charge < -0.3 is 10.1 Å². The van der Waals surface area contributed by atoms with Gasteiger partial charge >= 0.3 is 5.97 Å². The van der Waals surface area contributed by atoms with Crippen molar-refractivity contribution in [3.8, 4) is 0 Å². The number of ether oxygens (including phenoxy) is 1. The lowest BCUT2D eigenvalue weighted by atomic mass is 10.1. The summed E-state index contributed by atoms with van der Waals surface area (Å²) in [4.78, 5) is 35.1. The highest BCUT2D eigenvalue weighted by Crippen LogP contribution is 2.24. The molecule has 0 bridgehead atoms. The number of anilines is 1. The van der Waals surface area contributed by atoms with E-state index in [2.05, 4.69) is 11.4 Å². The van der Waals surface area contributed by atoms with E-state index < -0.39 is 0 Å². The largest absolute Gasteiger partial charge is 0.457 e. The van der Waals surface area contributed by atoms with Gasteiger partial charge in [0.1, 0.15) is 0 Å². The summed E-state index contributed by atoms with van der Waals surface area (Å²) in [6.45, 7) is -0.255. The molecule has 1 aromatic rings. The summed E-state index contributed by atoms with van der Waals surface area (Å²) in [6.07, 6.45) is 6.65. The van der Waals surface area contributed by atoms with Crippen molar-refractivity contribution in [2.75, 3.05) is 11.9 Å². The summed E-state index contributed by atoms with van der Waals surface area (Å²) in [5.41, 5.74) is 2.01. The molecule has 1 amide bonds. The Hall–Kier alpha value is -2.43. The van der Waals surface area contributed by atoms with Gasteiger partial charge in [-0.15, -0.1) is 0 Å². The quantitative estimate of drug-likeness (QED) is 0.514. The first-order chi connectivity index (χ1) is 10.6. The van der Waals surface area contributed by atoms with Crippen LogP contribution in [0.1, 0.15) is 35.2 Å². The van der Waals surface area contributed by atoms with Crippen molar-refractivity contribution in [2.45, 2.75) is 25.7 Å². The predicted octanol–water partition coefficient (Wildman–Crippen LogP) is 2.26. The van der Waals surface area contributed by atoms with E-state index in [1.807, 2.05) is 6.08 Å². The summed E-state index contributed by atoms with van der Waals surface area (Å²) >= 11 is 0. The van der Waals surface area contributed by atoms with Crippen molar-refractivity contribution in [1.29, 1.82) is 0 Å². The molecule has 22 heavy (non-hydrogen) atoms. The lowest BCUT2D eigenvalue weighted by Crippen LogP contribution is -2.16. The minimum Gasteiger partial charge on any atom is -0.457 e. The molecular weight excluding hydrogens is 282 g/mol. The molecule has 1 N–H and O–H groups in total. The fourth-order valence-electron chi connectivity index (χ4n) is 2.77. The van der Waals surface area contributed by atoms with Gasteiger partial charge in [-0.05, 0) is 42.5 Å². The summed E-state index contributed by atoms with van der Waals surface area (Å²) in [5, 5.41) is 2.71. The van der Waals surface area contributed by atoms with Crippen LogP contribution >= 0.6 is 0 Å². The fourth-order valence-corrected chi connectivity index (χ4v) is 2.77. The van der Waals surface area contributed by atoms with Crippen LogP contribution in [0, 0.1) is 5.92 Å². The standard InChI is InChI=1S/C17H17NO4/c19-15(10-22-17(21)7-11-3-1-2-4-11)12-5-6-14-13(8-12)9-16(20)18-14/h1,3,5-6,8,11H,2,4,7,9-10H2,(H,18,20)/t11-/m1/s1. The molecule has 0 saturated heterocycles. The zero-order valence-corrected chi connectivity index (χ0v) is 12.1. The molecule has 2 aliphatic rings. The minimum absolute atomic E-state index is 0.0735. The fraction of sp³-hybridized carbons (Fsp3) is 0.353. The Bertz CT molecular complexity index is 663. The third kappa shape index (κ3) is 3.24. The van der Waals surface area contributed by atoms with Gasteiger partial charge in [0.2, 0.25) is 5.91 Å². The highest BCUT2D eigenvalue weighted by atomic mass is 16.5. The zero-order valence-electron chi connectivity index (χ0n) is 12.1. The molecule has 0 saturated carbocycles. The van der Waals surface area contributed by atoms with Gasteiger partial charge in [0.25, 0.3) is 0 Å². The van der Waals surface area contributed by atoms with Crippen LogP contribution in [0.15, 0.2) is 30.4 Å². The highest BCUT2D eigenvalue weighted by Gasteiger charge is 2.20. The number of carbonyl (C=O) groups excluding carboxylic acids is 3. The van der Waals surface area contributed by atoms with E-state index in [4.69, 9.17) is 4.74 Å². The van der Waals surface area contributed by atoms with E-state index in [9.17, 15) is 14.4 Å². The van der Waals surface area contributed by atoms with Gasteiger partial charge in [0.15, 0.2) is 12.4 Å². The van der Waals surface area contributed by atoms with Crippen molar-refractivity contribution in [3.05, 3.63) is 41.5 Å². The van der Waals surface area contributed by atoms with Crippen LogP contribution in [-0.2, 0) is 20.7 Å². The third-order valence-corrected chi connectivity index (χ3v) is 3.96. The molecule has 3 rings (SSSR count). The van der Waals surface area contributed by atoms with Crippen LogP contribution in [-0.4, -0.2) is 24.3 Å². The van der Waals surface area contributed by atoms with E-state index in [-0.39, 0.29) is 36.6 Å². The molecule has 1 aliphatic carbocycles. The Balaban J connectivity index is 1.54. The van der Waals surface area contributed by atoms with Crippen molar-refractivity contribution in [3.63, 3.8) is 0 Å². The topological polar surface area (TPSA) is 72.5 Å². The van der Waals surface area contributed by atoms with Crippen LogP contribution in [0.5, 0.6) is 0 Å². The van der Waals surface area contributed by atoms with Crippen LogP contribution < -0.4 is 5.32 Å². The van der Waals surface area contributed by atoms with Crippen LogP contribution in [0.2, 0.25) is 0 Å². The molecule has 0 aromatic heterocycles. The first kappa shape index (κ1) is 14.5. The predicted molar refractivity (Wildman–Crippen MR) is 80.5 cm³/mol. The number of ketones is 1. The number of carbonyl (C=O) groups is 3. The van der Waals surface area contributed by atoms with Gasteiger partial charge in [0.05, 0.1) is 12.8 Å². The van der Waals surface area contributed by atoms with Crippen LogP contribution in [0.3, 0.4) is 0 Å². The minimum atomic E-state index is -0.345. The molecule has 1 atom stereocenters. The Morgan fingerprint density at radius 1 is 1.32 bits per heavy atom. The summed E-state index contributed by atoms with van der Waals surface area (Å²) < 4.78 is 5.06. The van der Waals surface area contributed by atoms with Crippen molar-refractivity contribution in [1.82, 2.24) is 0 Å². The molecular formula is C17H17NO4. The molecule has 0 spiro atoms. The molecule has 0 unspecified atom stereocenters. The number of allylic oxidation sites excluding steroid dienone is 2. The van der Waals surface area contributed by atoms with Gasteiger partial charge in [-0.1, -0.05) is 12.2 Å². The number of hydrogen-bond donors (Lipinski definition) is 1. The number of fused-ring (bicyclic) bond motifs is 1. The normalized spacial score (nSPS) is 18.9. The number of amides is 1. The molecule has 1 heterocycles. The molecule has 1 aromatic carbocycles. The first-order valence-electron chi connectivity index (χ1n) is 7.40. The summed E-state index contributed by atoms with van der Waals surface area (Å²) in [7, 11) is 0. The number of Topliss-reactive ketones (excluding diaryl/α,β-unsaturated/α-hetero) is 1. The monoisotopic (exact) mass is 299 g/mol. The second-order valence-corrected chi connectivity index (χ2v) is 5.65. The SMILES string of the molecule is O=C1Cc2cc(C(=O)COC(=O)C[C@@H]3C=CCC3)ccc2N1. The van der Waals surface area contributed by atoms with Crippen molar-refractivity contribution < 1.29 is 19.1 Å². The molecule has 1 aliphatic heterocycles. The summed E-state index contributed by atoms with van der Waals surface area (Å²) in [6, 6.07) is 5.03. The van der Waals surface area contributed by atoms with E-state index in [1.54, 1.807) is 18.2 Å². The number of esters is 1. The Morgan fingerprint density at radius 3 is 2.95 bits per heavy atom. The average Bonchev–Trinajstić information content (AvgIpc) is 3.12. The van der Waals surface area contributed by atoms with E-state index >= 15 is 0 Å². The third-order valence-electron chi connectivity index (χ3n) is 3.96. The number of rotatable bonds is 5. The Kier molecular flexibility index (Phi) is 4.04. The van der Waals surface area contributed by atoms with E-state index in [1.165, 1.54) is 0 Å². The van der Waals surface area contributed by atoms with Gasteiger partial charge in [-0.3, -0.25) is 14.4 Å². The van der Waals surface area contributed by atoms with Crippen molar-refractivity contribution in [2.24, 2.45) is 5.92 Å². The average molecular weight is 299 g/mol. The lowest BCUT2D eigenvalue weighted by Gasteiger charge is -2.08. The molecule has 0 radical (unpaired) electrons. The molecule has 0 fully saturated rings. The number of benzene rings is 1. The smallest absolute Gasteiger partial charge is 0.306 e. The van der Waals surface area contributed by atoms with Gasteiger partial charge in [-0.25, -0.2) is 0 Å². The Morgan fingerprint density at radius 2 is 2.18 bits per heavy atom. The first-order valence-corrected chi connectivity index (χ1v) is 7.40. The van der Waals surface area contributed by atoms with Crippen LogP contribution in [0.4, 0.5) is 5.69 Å². The Labute approximate surface area is 128 Å². The lowest BCUT2D eigenvalue weighted by molar-refractivity contribution is -0.143. The van der Waals surface area contributed by atoms with E-state index in [0.29, 0.717) is 12.0 Å². The maximum Gasteiger partial charge on any atom is 0.306 e. The van der Waals surface area contributed by atoms with Gasteiger partial charge in [-0.2, -0.15) is 0 Å². The van der Waals surface area contributed by atoms with Gasteiger partial charge in [0, 0.05) is 11.3 Å². The summed E-state index contributed by atoms with van der Waals surface area (Å²) in [5.74, 6) is -0.435. The van der Waals surface area contributed by atoms with Crippen molar-refractivity contribution >= 4 is 23.3 Å². The molecule has 5 nitrogen and oxygen atoms in total. The maximum absolute atomic E-state index is 12.1. The van der Waals surface area contributed by atoms with E-state index in [0.717, 1.165) is 24.1 Å². The zero-order chi connectivity index (χ0) is 15.5.